The molecule has 0 aliphatic carbocycles. The summed E-state index contributed by atoms with van der Waals surface area (Å²) < 4.78 is 0. The van der Waals surface area contributed by atoms with Crippen LogP contribution >= 0.6 is 0 Å². The summed E-state index contributed by atoms with van der Waals surface area (Å²) in [7, 11) is 0. The lowest BCUT2D eigenvalue weighted by Gasteiger charge is -1.73. The molecule has 0 N–H and O–H groups in total. The minimum atomic E-state index is 1.08. The molecule has 0 aromatic heterocycles. The molecule has 0 heterocycles. The maximum atomic E-state index is 2.12. The van der Waals surface area contributed by atoms with E-state index in [1.165, 1.54) is 0 Å². The van der Waals surface area contributed by atoms with E-state index in [4.69, 9.17) is 0 Å². The van der Waals surface area contributed by atoms with Crippen molar-refractivity contribution >= 4 is 0 Å². The Bertz CT molecular complexity index is 58.1. The Morgan fingerprint density at radius 2 is 1.43 bits per heavy atom. The third-order valence-corrected chi connectivity index (χ3v) is 0.744. The Balaban J connectivity index is 2.98. The summed E-state index contributed by atoms with van der Waals surface area (Å²) in [5.74, 6) is 0. The van der Waals surface area contributed by atoms with Gasteiger partial charge < -0.3 is 0 Å². The molecule has 0 aromatic rings. The summed E-state index contributed by atoms with van der Waals surface area (Å²) in [6.07, 6.45) is 9.44. The highest BCUT2D eigenvalue weighted by atomic mass is 13.7. The molecule has 0 aromatic carbocycles. The van der Waals surface area contributed by atoms with Crippen molar-refractivity contribution in [2.75, 3.05) is 0 Å². The fourth-order valence-electron chi connectivity index (χ4n) is 0.351. The molecule has 0 heteroatoms. The molecule has 0 spiro atoms. The van der Waals surface area contributed by atoms with Gasteiger partial charge >= 0.3 is 0 Å². The lowest BCUT2D eigenvalue weighted by Crippen LogP contribution is -1.52. The summed E-state index contributed by atoms with van der Waals surface area (Å²) in [6.45, 7) is 4.06. The van der Waals surface area contributed by atoms with Gasteiger partial charge in [-0.1, -0.05) is 24.3 Å². The summed E-state index contributed by atoms with van der Waals surface area (Å²) in [5, 5.41) is 0. The van der Waals surface area contributed by atoms with Gasteiger partial charge in [0.1, 0.15) is 0 Å². The Hall–Kier alpha value is -0.520. The predicted molar refractivity (Wildman–Crippen MR) is 34.2 cm³/mol. The second kappa shape index (κ2) is 5.48. The van der Waals surface area contributed by atoms with Crippen LogP contribution in [0.2, 0.25) is 0 Å². The zero-order valence-electron chi connectivity index (χ0n) is 5.02. The highest BCUT2D eigenvalue weighted by Crippen LogP contribution is 1.82. The second-order valence-electron chi connectivity index (χ2n) is 1.37. The van der Waals surface area contributed by atoms with Crippen LogP contribution < -0.4 is 0 Å². The summed E-state index contributed by atoms with van der Waals surface area (Å²) in [6, 6.07) is 0. The molecule has 0 atom stereocenters. The molecule has 0 saturated carbocycles. The molecule has 0 aliphatic heterocycles. The van der Waals surface area contributed by atoms with Crippen LogP contribution in [0.25, 0.3) is 0 Å². The molecule has 0 aliphatic rings. The topological polar surface area (TPSA) is 0 Å². The van der Waals surface area contributed by atoms with Crippen molar-refractivity contribution in [3.8, 4) is 0 Å². The molecular formula is C7H12. The SMILES string of the molecule is CC=CC/C=C\C. The van der Waals surface area contributed by atoms with Gasteiger partial charge in [0.25, 0.3) is 0 Å². The van der Waals surface area contributed by atoms with Crippen molar-refractivity contribution < 1.29 is 0 Å². The quantitative estimate of drug-likeness (QED) is 0.463. The summed E-state index contributed by atoms with van der Waals surface area (Å²) in [4.78, 5) is 0. The molecule has 0 saturated heterocycles. The fourth-order valence-corrected chi connectivity index (χ4v) is 0.351. The minimum Gasteiger partial charge on any atom is -0.0914 e. The number of rotatable bonds is 2. The third kappa shape index (κ3) is 5.48. The fraction of sp³-hybridized carbons (Fsp3) is 0.429. The number of allylic oxidation sites excluding steroid dienone is 4. The summed E-state index contributed by atoms with van der Waals surface area (Å²) >= 11 is 0. The smallest absolute Gasteiger partial charge is 0.0169 e. The van der Waals surface area contributed by atoms with Crippen molar-refractivity contribution in [2.45, 2.75) is 20.3 Å². The van der Waals surface area contributed by atoms with Gasteiger partial charge in [-0.25, -0.2) is 0 Å². The average Bonchev–Trinajstić information content (AvgIpc) is 1.69. The molecule has 40 valence electrons. The number of hydrogen-bond acceptors (Lipinski definition) is 0. The van der Waals surface area contributed by atoms with Crippen molar-refractivity contribution in [1.82, 2.24) is 0 Å². The van der Waals surface area contributed by atoms with E-state index in [0.29, 0.717) is 0 Å². The van der Waals surface area contributed by atoms with Crippen LogP contribution in [0, 0.1) is 0 Å². The van der Waals surface area contributed by atoms with Crippen molar-refractivity contribution in [3.05, 3.63) is 24.3 Å². The molecule has 0 rings (SSSR count). The van der Waals surface area contributed by atoms with Crippen molar-refractivity contribution in [3.63, 3.8) is 0 Å². The second-order valence-corrected chi connectivity index (χ2v) is 1.37. The monoisotopic (exact) mass is 96.1 g/mol. The van der Waals surface area contributed by atoms with E-state index in [9.17, 15) is 0 Å². The van der Waals surface area contributed by atoms with E-state index in [0.717, 1.165) is 6.42 Å². The normalized spacial score (nSPS) is 11.7. The molecule has 0 nitrogen and oxygen atoms in total. The number of hydrogen-bond donors (Lipinski definition) is 0. The van der Waals surface area contributed by atoms with E-state index in [1.807, 2.05) is 13.8 Å². The van der Waals surface area contributed by atoms with E-state index >= 15 is 0 Å². The van der Waals surface area contributed by atoms with E-state index < -0.39 is 0 Å². The first kappa shape index (κ1) is 6.48. The highest BCUT2D eigenvalue weighted by Gasteiger charge is 1.61. The van der Waals surface area contributed by atoms with Gasteiger partial charge in [-0.05, 0) is 20.3 Å². The van der Waals surface area contributed by atoms with Crippen LogP contribution in [0.15, 0.2) is 24.3 Å². The molecule has 0 radical (unpaired) electrons. The van der Waals surface area contributed by atoms with Crippen LogP contribution in [0.5, 0.6) is 0 Å². The highest BCUT2D eigenvalue weighted by molar-refractivity contribution is 4.88. The first-order chi connectivity index (χ1) is 3.41. The van der Waals surface area contributed by atoms with Gasteiger partial charge in [0.15, 0.2) is 0 Å². The van der Waals surface area contributed by atoms with Gasteiger partial charge in [0.05, 0.1) is 0 Å². The first-order valence-electron chi connectivity index (χ1n) is 2.64. The lowest BCUT2D eigenvalue weighted by molar-refractivity contribution is 1.36. The summed E-state index contributed by atoms with van der Waals surface area (Å²) in [5.41, 5.74) is 0. The molecule has 7 heavy (non-hydrogen) atoms. The van der Waals surface area contributed by atoms with Crippen LogP contribution in [-0.2, 0) is 0 Å². The van der Waals surface area contributed by atoms with Gasteiger partial charge in [0.2, 0.25) is 0 Å². The average molecular weight is 96.2 g/mol. The maximum Gasteiger partial charge on any atom is -0.0169 e. The largest absolute Gasteiger partial charge is 0.0914 e. The third-order valence-electron chi connectivity index (χ3n) is 0.744. The first-order valence-corrected chi connectivity index (χ1v) is 2.64. The molecule has 0 fully saturated rings. The Morgan fingerprint density at radius 1 is 1.00 bits per heavy atom. The van der Waals surface area contributed by atoms with E-state index in [2.05, 4.69) is 24.3 Å². The maximum absolute atomic E-state index is 2.12. The Kier molecular flexibility index (Phi) is 5.07. The van der Waals surface area contributed by atoms with Gasteiger partial charge in [-0.2, -0.15) is 0 Å². The van der Waals surface area contributed by atoms with Crippen LogP contribution in [0.1, 0.15) is 20.3 Å². The van der Waals surface area contributed by atoms with Crippen molar-refractivity contribution in [2.24, 2.45) is 0 Å². The predicted octanol–water partition coefficient (Wildman–Crippen LogP) is 2.53. The van der Waals surface area contributed by atoms with Crippen LogP contribution in [0.4, 0.5) is 0 Å². The zero-order valence-corrected chi connectivity index (χ0v) is 5.02. The molecule has 0 amide bonds. The van der Waals surface area contributed by atoms with E-state index in [-0.39, 0.29) is 0 Å². The van der Waals surface area contributed by atoms with Gasteiger partial charge in [0, 0.05) is 0 Å². The minimum absolute atomic E-state index is 1.08. The molecule has 0 unspecified atom stereocenters. The standard InChI is InChI=1S/C7H12/c1-3-5-7-6-4-2/h3-6H,7H2,1-2H3/b5-3-,6-4?. The van der Waals surface area contributed by atoms with E-state index in [1.54, 1.807) is 0 Å². The Morgan fingerprint density at radius 3 is 1.71 bits per heavy atom. The lowest BCUT2D eigenvalue weighted by atomic mass is 10.3. The van der Waals surface area contributed by atoms with Gasteiger partial charge in [-0.15, -0.1) is 0 Å². The molecule has 0 bridgehead atoms. The zero-order chi connectivity index (χ0) is 5.54. The van der Waals surface area contributed by atoms with Crippen LogP contribution in [-0.4, -0.2) is 0 Å². The molecular weight excluding hydrogens is 84.1 g/mol. The van der Waals surface area contributed by atoms with Crippen LogP contribution in [0.3, 0.4) is 0 Å². The van der Waals surface area contributed by atoms with Crippen molar-refractivity contribution in [1.29, 1.82) is 0 Å². The Labute approximate surface area is 45.5 Å². The van der Waals surface area contributed by atoms with Gasteiger partial charge in [-0.3, -0.25) is 0 Å².